The molecule has 0 radical (unpaired) electrons. The normalized spacial score (nSPS) is 19.6. The fraction of sp³-hybridized carbons (Fsp3) is 0.440. The number of halogens is 3. The van der Waals surface area contributed by atoms with Gasteiger partial charge in [-0.05, 0) is 56.4 Å². The van der Waals surface area contributed by atoms with Crippen LogP contribution >= 0.6 is 15.9 Å². The van der Waals surface area contributed by atoms with Gasteiger partial charge >= 0.3 is 0 Å². The molecule has 1 atom stereocenters. The molecule has 176 valence electrons. The van der Waals surface area contributed by atoms with Crippen LogP contribution in [0.4, 0.5) is 8.78 Å². The maximum Gasteiger partial charge on any atom is 0.245 e. The zero-order chi connectivity index (χ0) is 23.8. The van der Waals surface area contributed by atoms with E-state index in [-0.39, 0.29) is 17.0 Å². The van der Waals surface area contributed by atoms with E-state index in [0.29, 0.717) is 45.2 Å². The Morgan fingerprint density at radius 3 is 2.33 bits per heavy atom. The molecule has 1 saturated carbocycles. The Balaban J connectivity index is 1.56. The Bertz CT molecular complexity index is 1040. The van der Waals surface area contributed by atoms with Crippen molar-refractivity contribution in [1.82, 2.24) is 10.2 Å². The van der Waals surface area contributed by atoms with E-state index in [4.69, 9.17) is 5.73 Å². The molecular formula is C25H28BrF2N3O2. The second kappa shape index (κ2) is 9.14. The lowest BCUT2D eigenvalue weighted by Crippen LogP contribution is -2.56. The molecule has 0 bridgehead atoms. The molecule has 8 heteroatoms. The number of benzene rings is 2. The van der Waals surface area contributed by atoms with Gasteiger partial charge in [0.1, 0.15) is 6.04 Å². The van der Waals surface area contributed by atoms with E-state index in [2.05, 4.69) is 21.2 Å². The van der Waals surface area contributed by atoms with Crippen molar-refractivity contribution in [3.05, 3.63) is 69.7 Å². The van der Waals surface area contributed by atoms with Crippen molar-refractivity contribution < 1.29 is 18.4 Å². The zero-order valence-electron chi connectivity index (χ0n) is 18.5. The number of rotatable bonds is 6. The number of carbonyl (C=O) groups is 2. The van der Waals surface area contributed by atoms with E-state index in [1.165, 1.54) is 12.1 Å². The van der Waals surface area contributed by atoms with Gasteiger partial charge in [0.2, 0.25) is 11.8 Å². The van der Waals surface area contributed by atoms with Crippen molar-refractivity contribution in [3.63, 3.8) is 0 Å². The maximum absolute atomic E-state index is 14.5. The number of amides is 2. The first-order valence-electron chi connectivity index (χ1n) is 11.2. The van der Waals surface area contributed by atoms with E-state index in [0.717, 1.165) is 16.1 Å². The number of nitrogens with two attached hydrogens (primary N) is 1. The van der Waals surface area contributed by atoms with Gasteiger partial charge in [0.15, 0.2) is 11.6 Å². The standard InChI is InChI=1S/C25H28BrF2N3O2/c1-24(29)11-13-31(14-12-24)22(32)20(15-16-5-7-17(26)8-6-16)30-23(33)25(9-10-25)18-3-2-4-19(27)21(18)28/h2-8,20H,9-15,29H2,1H3,(H,30,33). The first-order chi connectivity index (χ1) is 15.6. The van der Waals surface area contributed by atoms with E-state index in [1.807, 2.05) is 31.2 Å². The summed E-state index contributed by atoms with van der Waals surface area (Å²) in [6, 6.07) is 10.6. The largest absolute Gasteiger partial charge is 0.343 e. The van der Waals surface area contributed by atoms with Crippen LogP contribution in [-0.4, -0.2) is 41.4 Å². The first kappa shape index (κ1) is 23.8. The Morgan fingerprint density at radius 1 is 1.09 bits per heavy atom. The third-order valence-electron chi connectivity index (χ3n) is 6.83. The number of likely N-dealkylation sites (tertiary alicyclic amines) is 1. The Kier molecular flexibility index (Phi) is 6.60. The van der Waals surface area contributed by atoms with Crippen molar-refractivity contribution in [2.75, 3.05) is 13.1 Å². The van der Waals surface area contributed by atoms with Crippen molar-refractivity contribution in [3.8, 4) is 0 Å². The first-order valence-corrected chi connectivity index (χ1v) is 12.0. The molecule has 2 aromatic rings. The minimum absolute atomic E-state index is 0.0479. The second-order valence-corrected chi connectivity index (χ2v) is 10.4. The molecule has 33 heavy (non-hydrogen) atoms. The molecule has 2 fully saturated rings. The predicted molar refractivity (Wildman–Crippen MR) is 125 cm³/mol. The van der Waals surface area contributed by atoms with Crippen LogP contribution in [0, 0.1) is 11.6 Å². The zero-order valence-corrected chi connectivity index (χ0v) is 20.1. The lowest BCUT2D eigenvalue weighted by atomic mass is 9.90. The summed E-state index contributed by atoms with van der Waals surface area (Å²) in [5.74, 6) is -2.60. The summed E-state index contributed by atoms with van der Waals surface area (Å²) in [4.78, 5) is 28.5. The highest BCUT2D eigenvalue weighted by Crippen LogP contribution is 2.49. The molecule has 3 N–H and O–H groups in total. The molecule has 1 aliphatic heterocycles. The van der Waals surface area contributed by atoms with Gasteiger partial charge in [-0.3, -0.25) is 9.59 Å². The smallest absolute Gasteiger partial charge is 0.245 e. The topological polar surface area (TPSA) is 75.4 Å². The Labute approximate surface area is 200 Å². The fourth-order valence-corrected chi connectivity index (χ4v) is 4.69. The molecule has 2 aromatic carbocycles. The van der Waals surface area contributed by atoms with Crippen LogP contribution in [-0.2, 0) is 21.4 Å². The van der Waals surface area contributed by atoms with E-state index < -0.39 is 29.0 Å². The van der Waals surface area contributed by atoms with E-state index >= 15 is 0 Å². The molecule has 1 unspecified atom stereocenters. The van der Waals surface area contributed by atoms with E-state index in [9.17, 15) is 18.4 Å². The second-order valence-electron chi connectivity index (χ2n) is 9.52. The van der Waals surface area contributed by atoms with Crippen molar-refractivity contribution in [2.24, 2.45) is 5.73 Å². The molecular weight excluding hydrogens is 492 g/mol. The van der Waals surface area contributed by atoms with Crippen LogP contribution in [0.15, 0.2) is 46.9 Å². The highest BCUT2D eigenvalue weighted by Gasteiger charge is 2.54. The predicted octanol–water partition coefficient (Wildman–Crippen LogP) is 3.83. The minimum atomic E-state index is -1.14. The van der Waals surface area contributed by atoms with Gasteiger partial charge in [-0.25, -0.2) is 8.78 Å². The SMILES string of the molecule is CC1(N)CCN(C(=O)C(Cc2ccc(Br)cc2)NC(=O)C2(c3cccc(F)c3F)CC2)CC1. The maximum atomic E-state index is 14.5. The number of hydrogen-bond acceptors (Lipinski definition) is 3. The van der Waals surface area contributed by atoms with Crippen LogP contribution in [0.2, 0.25) is 0 Å². The average Bonchev–Trinajstić information content (AvgIpc) is 3.58. The van der Waals surface area contributed by atoms with E-state index in [1.54, 1.807) is 4.90 Å². The van der Waals surface area contributed by atoms with Crippen LogP contribution < -0.4 is 11.1 Å². The summed E-state index contributed by atoms with van der Waals surface area (Å²) in [5, 5.41) is 2.88. The lowest BCUT2D eigenvalue weighted by Gasteiger charge is -2.38. The van der Waals surface area contributed by atoms with Gasteiger partial charge in [-0.1, -0.05) is 40.2 Å². The lowest BCUT2D eigenvalue weighted by molar-refractivity contribution is -0.138. The minimum Gasteiger partial charge on any atom is -0.343 e. The summed E-state index contributed by atoms with van der Waals surface area (Å²) < 4.78 is 29.2. The number of hydrogen-bond donors (Lipinski definition) is 2. The van der Waals surface area contributed by atoms with Crippen LogP contribution in [0.3, 0.4) is 0 Å². The van der Waals surface area contributed by atoms with Gasteiger partial charge in [-0.15, -0.1) is 0 Å². The molecule has 2 amide bonds. The molecule has 0 spiro atoms. The van der Waals surface area contributed by atoms with Crippen LogP contribution in [0.25, 0.3) is 0 Å². The fourth-order valence-electron chi connectivity index (χ4n) is 4.43. The molecule has 1 heterocycles. The Hall–Kier alpha value is -2.32. The van der Waals surface area contributed by atoms with Crippen molar-refractivity contribution >= 4 is 27.7 Å². The highest BCUT2D eigenvalue weighted by atomic mass is 79.9. The number of carbonyl (C=O) groups excluding carboxylic acids is 2. The third kappa shape index (κ3) is 5.11. The summed E-state index contributed by atoms with van der Waals surface area (Å²) in [5.41, 5.74) is 5.70. The van der Waals surface area contributed by atoms with Gasteiger partial charge in [0.05, 0.1) is 5.41 Å². The highest BCUT2D eigenvalue weighted by molar-refractivity contribution is 9.10. The Morgan fingerprint density at radius 2 is 1.73 bits per heavy atom. The average molecular weight is 520 g/mol. The van der Waals surface area contributed by atoms with Crippen molar-refractivity contribution in [2.45, 2.75) is 56.0 Å². The molecule has 0 aromatic heterocycles. The monoisotopic (exact) mass is 519 g/mol. The van der Waals surface area contributed by atoms with Gasteiger partial charge in [-0.2, -0.15) is 0 Å². The van der Waals surface area contributed by atoms with Crippen molar-refractivity contribution in [1.29, 1.82) is 0 Å². The summed E-state index contributed by atoms with van der Waals surface area (Å²) in [6.07, 6.45) is 2.48. The van der Waals surface area contributed by atoms with Crippen LogP contribution in [0.1, 0.15) is 43.7 Å². The van der Waals surface area contributed by atoms with Gasteiger partial charge in [0, 0.05) is 35.1 Å². The van der Waals surface area contributed by atoms with Gasteiger partial charge < -0.3 is 16.0 Å². The molecule has 4 rings (SSSR count). The summed E-state index contributed by atoms with van der Waals surface area (Å²) >= 11 is 3.40. The summed E-state index contributed by atoms with van der Waals surface area (Å²) in [6.45, 7) is 3.00. The number of piperidine rings is 1. The molecule has 5 nitrogen and oxygen atoms in total. The van der Waals surface area contributed by atoms with Gasteiger partial charge in [0.25, 0.3) is 0 Å². The number of nitrogens with zero attached hydrogens (tertiary/aromatic N) is 1. The summed E-state index contributed by atoms with van der Waals surface area (Å²) in [7, 11) is 0. The molecule has 1 aliphatic carbocycles. The molecule has 2 aliphatic rings. The molecule has 1 saturated heterocycles. The number of nitrogens with one attached hydrogen (secondary N) is 1. The quantitative estimate of drug-likeness (QED) is 0.608. The third-order valence-corrected chi connectivity index (χ3v) is 7.35. The van der Waals surface area contributed by atoms with Crippen LogP contribution in [0.5, 0.6) is 0 Å².